The summed E-state index contributed by atoms with van der Waals surface area (Å²) in [6.45, 7) is 3.64. The van der Waals surface area contributed by atoms with Gasteiger partial charge in [0.25, 0.3) is 0 Å². The summed E-state index contributed by atoms with van der Waals surface area (Å²) < 4.78 is 0. The third kappa shape index (κ3) is 2.41. The molecule has 4 nitrogen and oxygen atoms in total. The number of hydrogen-bond acceptors (Lipinski definition) is 4. The topological polar surface area (TPSA) is 53.4 Å². The number of aromatic nitrogens is 1. The number of thiazole rings is 1. The number of carbonyl (C=O) groups is 1. The van der Waals surface area contributed by atoms with Gasteiger partial charge >= 0.3 is 5.97 Å². The summed E-state index contributed by atoms with van der Waals surface area (Å²) >= 11 is 1.45. The molecule has 2 rings (SSSR count). The minimum Gasteiger partial charge on any atom is -0.480 e. The zero-order chi connectivity index (χ0) is 11.5. The highest BCUT2D eigenvalue weighted by atomic mass is 32.1. The second-order valence-electron chi connectivity index (χ2n) is 4.16. The molecular formula is C11H16N2O2S. The van der Waals surface area contributed by atoms with Gasteiger partial charge in [0.05, 0.1) is 0 Å². The first-order valence-corrected chi connectivity index (χ1v) is 6.45. The summed E-state index contributed by atoms with van der Waals surface area (Å²) in [4.78, 5) is 17.7. The van der Waals surface area contributed by atoms with E-state index in [0.717, 1.165) is 31.6 Å². The Bertz CT molecular complexity index is 372. The van der Waals surface area contributed by atoms with E-state index in [2.05, 4.69) is 4.98 Å². The highest BCUT2D eigenvalue weighted by Gasteiger charge is 2.30. The van der Waals surface area contributed by atoms with Crippen LogP contribution in [0.2, 0.25) is 0 Å². The normalized spacial score (nSPS) is 19.6. The fourth-order valence-electron chi connectivity index (χ4n) is 2.09. The lowest BCUT2D eigenvalue weighted by molar-refractivity contribution is -0.144. The van der Waals surface area contributed by atoms with Crippen LogP contribution in [-0.2, 0) is 4.79 Å². The molecule has 16 heavy (non-hydrogen) atoms. The van der Waals surface area contributed by atoms with Crippen molar-refractivity contribution in [3.8, 4) is 0 Å². The SMILES string of the molecule is Cc1csc(C(C(=O)O)N2CCCCC2)n1. The van der Waals surface area contributed by atoms with E-state index < -0.39 is 12.0 Å². The van der Waals surface area contributed by atoms with Crippen molar-refractivity contribution < 1.29 is 9.90 Å². The quantitative estimate of drug-likeness (QED) is 0.878. The summed E-state index contributed by atoms with van der Waals surface area (Å²) in [6, 6.07) is -0.543. The largest absolute Gasteiger partial charge is 0.480 e. The Morgan fingerprint density at radius 1 is 1.50 bits per heavy atom. The molecule has 1 N–H and O–H groups in total. The minimum atomic E-state index is -0.781. The Morgan fingerprint density at radius 3 is 2.69 bits per heavy atom. The number of rotatable bonds is 3. The Labute approximate surface area is 98.9 Å². The second-order valence-corrected chi connectivity index (χ2v) is 5.05. The van der Waals surface area contributed by atoms with Crippen LogP contribution in [0.5, 0.6) is 0 Å². The monoisotopic (exact) mass is 240 g/mol. The fraction of sp³-hybridized carbons (Fsp3) is 0.636. The van der Waals surface area contributed by atoms with Crippen molar-refractivity contribution in [1.82, 2.24) is 9.88 Å². The molecule has 88 valence electrons. The maximum atomic E-state index is 11.3. The molecule has 1 aliphatic heterocycles. The van der Waals surface area contributed by atoms with Crippen LogP contribution < -0.4 is 0 Å². The van der Waals surface area contributed by atoms with Gasteiger partial charge in [0.1, 0.15) is 5.01 Å². The molecule has 1 saturated heterocycles. The van der Waals surface area contributed by atoms with E-state index in [1.54, 1.807) is 0 Å². The first-order valence-electron chi connectivity index (χ1n) is 5.57. The van der Waals surface area contributed by atoms with Crippen LogP contribution >= 0.6 is 11.3 Å². The molecule has 1 fully saturated rings. The van der Waals surface area contributed by atoms with Gasteiger partial charge in [0.15, 0.2) is 6.04 Å². The number of nitrogens with zero attached hydrogens (tertiary/aromatic N) is 2. The molecule has 0 saturated carbocycles. The molecular weight excluding hydrogens is 224 g/mol. The fourth-order valence-corrected chi connectivity index (χ4v) is 3.01. The third-order valence-corrected chi connectivity index (χ3v) is 3.88. The zero-order valence-corrected chi connectivity index (χ0v) is 10.2. The average molecular weight is 240 g/mol. The predicted octanol–water partition coefficient (Wildman–Crippen LogP) is 2.06. The molecule has 0 radical (unpaired) electrons. The minimum absolute atomic E-state index is 0.543. The Kier molecular flexibility index (Phi) is 3.56. The van der Waals surface area contributed by atoms with Crippen LogP contribution in [0, 0.1) is 6.92 Å². The van der Waals surface area contributed by atoms with Gasteiger partial charge in [0, 0.05) is 11.1 Å². The van der Waals surface area contributed by atoms with Crippen molar-refractivity contribution in [3.05, 3.63) is 16.1 Å². The molecule has 0 bridgehead atoms. The van der Waals surface area contributed by atoms with E-state index in [9.17, 15) is 9.90 Å². The molecule has 1 unspecified atom stereocenters. The summed E-state index contributed by atoms with van der Waals surface area (Å²) in [5, 5.41) is 11.9. The van der Waals surface area contributed by atoms with E-state index in [-0.39, 0.29) is 0 Å². The lowest BCUT2D eigenvalue weighted by Gasteiger charge is -2.30. The number of hydrogen-bond donors (Lipinski definition) is 1. The van der Waals surface area contributed by atoms with Crippen LogP contribution in [-0.4, -0.2) is 34.0 Å². The lowest BCUT2D eigenvalue weighted by atomic mass is 10.1. The maximum absolute atomic E-state index is 11.3. The number of likely N-dealkylation sites (tertiary alicyclic amines) is 1. The van der Waals surface area contributed by atoms with Crippen LogP contribution in [0.1, 0.15) is 36.0 Å². The summed E-state index contributed by atoms with van der Waals surface area (Å²) in [5.41, 5.74) is 0.906. The molecule has 5 heteroatoms. The number of carboxylic acid groups (broad SMARTS) is 1. The van der Waals surface area contributed by atoms with Gasteiger partial charge in [0.2, 0.25) is 0 Å². The van der Waals surface area contributed by atoms with E-state index in [1.165, 1.54) is 17.8 Å². The predicted molar refractivity (Wildman–Crippen MR) is 62.7 cm³/mol. The molecule has 0 aliphatic carbocycles. The highest BCUT2D eigenvalue weighted by molar-refractivity contribution is 7.09. The molecule has 0 aromatic carbocycles. The lowest BCUT2D eigenvalue weighted by Crippen LogP contribution is -2.37. The zero-order valence-electron chi connectivity index (χ0n) is 9.35. The summed E-state index contributed by atoms with van der Waals surface area (Å²) in [7, 11) is 0. The number of aliphatic carboxylic acids is 1. The maximum Gasteiger partial charge on any atom is 0.328 e. The number of aryl methyl sites for hydroxylation is 1. The van der Waals surface area contributed by atoms with Crippen molar-refractivity contribution in [2.75, 3.05) is 13.1 Å². The van der Waals surface area contributed by atoms with Gasteiger partial charge in [-0.1, -0.05) is 6.42 Å². The average Bonchev–Trinajstić information content (AvgIpc) is 2.66. The van der Waals surface area contributed by atoms with E-state index in [0.29, 0.717) is 5.01 Å². The number of piperidine rings is 1. The first-order chi connectivity index (χ1) is 7.68. The highest BCUT2D eigenvalue weighted by Crippen LogP contribution is 2.27. The van der Waals surface area contributed by atoms with Gasteiger partial charge in [-0.25, -0.2) is 4.98 Å². The molecule has 1 aliphatic rings. The van der Waals surface area contributed by atoms with Gasteiger partial charge in [-0.05, 0) is 32.9 Å². The molecule has 0 spiro atoms. The Morgan fingerprint density at radius 2 is 2.19 bits per heavy atom. The molecule has 2 heterocycles. The van der Waals surface area contributed by atoms with Crippen molar-refractivity contribution >= 4 is 17.3 Å². The van der Waals surface area contributed by atoms with Crippen molar-refractivity contribution in [1.29, 1.82) is 0 Å². The van der Waals surface area contributed by atoms with Crippen LogP contribution in [0.4, 0.5) is 0 Å². The van der Waals surface area contributed by atoms with Crippen LogP contribution in [0.15, 0.2) is 5.38 Å². The van der Waals surface area contributed by atoms with Crippen molar-refractivity contribution in [3.63, 3.8) is 0 Å². The summed E-state index contributed by atoms with van der Waals surface area (Å²) in [5.74, 6) is -0.781. The Balaban J connectivity index is 2.19. The van der Waals surface area contributed by atoms with Crippen LogP contribution in [0.25, 0.3) is 0 Å². The second kappa shape index (κ2) is 4.93. The molecule has 1 aromatic heterocycles. The smallest absolute Gasteiger partial charge is 0.328 e. The standard InChI is InChI=1S/C11H16N2O2S/c1-8-7-16-10(12-8)9(11(14)15)13-5-3-2-4-6-13/h7,9H,2-6H2,1H3,(H,14,15). The van der Waals surface area contributed by atoms with Gasteiger partial charge in [-0.2, -0.15) is 0 Å². The third-order valence-electron chi connectivity index (χ3n) is 2.86. The van der Waals surface area contributed by atoms with E-state index in [1.807, 2.05) is 17.2 Å². The molecule has 1 aromatic rings. The first kappa shape index (κ1) is 11.5. The van der Waals surface area contributed by atoms with Gasteiger partial charge in [-0.3, -0.25) is 9.69 Å². The van der Waals surface area contributed by atoms with Crippen molar-refractivity contribution in [2.45, 2.75) is 32.2 Å². The van der Waals surface area contributed by atoms with E-state index >= 15 is 0 Å². The van der Waals surface area contributed by atoms with Crippen LogP contribution in [0.3, 0.4) is 0 Å². The molecule has 0 amide bonds. The summed E-state index contributed by atoms with van der Waals surface area (Å²) in [6.07, 6.45) is 3.39. The Hall–Kier alpha value is -0.940. The number of carboxylic acids is 1. The molecule has 1 atom stereocenters. The van der Waals surface area contributed by atoms with Gasteiger partial charge in [-0.15, -0.1) is 11.3 Å². The van der Waals surface area contributed by atoms with Gasteiger partial charge < -0.3 is 5.11 Å². The van der Waals surface area contributed by atoms with E-state index in [4.69, 9.17) is 0 Å². The van der Waals surface area contributed by atoms with Crippen molar-refractivity contribution in [2.24, 2.45) is 0 Å².